The highest BCUT2D eigenvalue weighted by atomic mass is 35.5. The average Bonchev–Trinajstić information content (AvgIpc) is 2.91. The van der Waals surface area contributed by atoms with E-state index in [0.29, 0.717) is 35.4 Å². The van der Waals surface area contributed by atoms with E-state index >= 15 is 0 Å². The zero-order valence-corrected chi connectivity index (χ0v) is 16.0. The highest BCUT2D eigenvalue weighted by Gasteiger charge is 2.12. The van der Waals surface area contributed by atoms with Crippen LogP contribution in [0.25, 0.3) is 0 Å². The molecule has 2 aromatic carbocycles. The molecule has 0 spiro atoms. The van der Waals surface area contributed by atoms with Crippen LogP contribution < -0.4 is 19.6 Å². The Morgan fingerprint density at radius 3 is 2.74 bits per heavy atom. The first-order valence-corrected chi connectivity index (χ1v) is 9.03. The van der Waals surface area contributed by atoms with E-state index < -0.39 is 0 Å². The van der Waals surface area contributed by atoms with Gasteiger partial charge in [0.2, 0.25) is 0 Å². The summed E-state index contributed by atoms with van der Waals surface area (Å²) in [7, 11) is 0. The molecule has 7 heteroatoms. The summed E-state index contributed by atoms with van der Waals surface area (Å²) in [6.45, 7) is 4.80. The maximum Gasteiger partial charge on any atom is 0.277 e. The number of aryl methyl sites for hydroxylation is 1. The van der Waals surface area contributed by atoms with Crippen LogP contribution in [0.4, 0.5) is 0 Å². The molecule has 6 nitrogen and oxygen atoms in total. The molecule has 0 aliphatic carbocycles. The Balaban J connectivity index is 1.57. The summed E-state index contributed by atoms with van der Waals surface area (Å²) in [5, 5.41) is 4.79. The molecule has 27 heavy (non-hydrogen) atoms. The molecule has 2 aromatic rings. The summed E-state index contributed by atoms with van der Waals surface area (Å²) in [6.07, 6.45) is 0.848. The normalized spacial score (nSPS) is 13.7. The fourth-order valence-electron chi connectivity index (χ4n) is 2.49. The Hall–Kier alpha value is -2.73. The fraction of sp³-hybridized carbons (Fsp3) is 0.300. The van der Waals surface area contributed by atoms with E-state index in [0.717, 1.165) is 23.3 Å². The minimum atomic E-state index is -0.351. The molecule has 142 valence electrons. The number of carbonyl (C=O) groups excluding carboxylic acids is 1. The first-order chi connectivity index (χ1) is 13.0. The number of hydrazone groups is 1. The number of rotatable bonds is 5. The zero-order chi connectivity index (χ0) is 19.2. The molecule has 0 bridgehead atoms. The van der Waals surface area contributed by atoms with E-state index in [9.17, 15) is 4.79 Å². The number of carbonyl (C=O) groups is 1. The first-order valence-electron chi connectivity index (χ1n) is 8.65. The molecule has 1 aliphatic rings. The van der Waals surface area contributed by atoms with Crippen molar-refractivity contribution in [1.29, 1.82) is 0 Å². The molecular formula is C20H21ClN2O4. The Morgan fingerprint density at radius 1 is 1.19 bits per heavy atom. The van der Waals surface area contributed by atoms with Crippen molar-refractivity contribution in [2.24, 2.45) is 5.10 Å². The van der Waals surface area contributed by atoms with Gasteiger partial charge in [0, 0.05) is 17.0 Å². The molecule has 3 rings (SSSR count). The summed E-state index contributed by atoms with van der Waals surface area (Å²) in [4.78, 5) is 12.0. The van der Waals surface area contributed by atoms with Crippen molar-refractivity contribution in [2.45, 2.75) is 20.3 Å². The van der Waals surface area contributed by atoms with Gasteiger partial charge in [-0.3, -0.25) is 4.79 Å². The van der Waals surface area contributed by atoms with Crippen LogP contribution >= 0.6 is 11.6 Å². The van der Waals surface area contributed by atoms with Crippen LogP contribution in [0.3, 0.4) is 0 Å². The maximum atomic E-state index is 12.0. The minimum Gasteiger partial charge on any atom is -0.490 e. The largest absolute Gasteiger partial charge is 0.490 e. The second-order valence-corrected chi connectivity index (χ2v) is 6.55. The summed E-state index contributed by atoms with van der Waals surface area (Å²) in [5.41, 5.74) is 4.88. The third-order valence-electron chi connectivity index (χ3n) is 4.01. The third-order valence-corrected chi connectivity index (χ3v) is 4.44. The molecule has 0 saturated heterocycles. The molecule has 0 radical (unpaired) electrons. The first kappa shape index (κ1) is 19.0. The van der Waals surface area contributed by atoms with Crippen LogP contribution in [0.5, 0.6) is 17.2 Å². The number of fused-ring (bicyclic) bond motifs is 1. The van der Waals surface area contributed by atoms with E-state index in [1.165, 1.54) is 0 Å². The standard InChI is InChI=1S/C20H21ClN2O4/c1-13-10-16(5-6-17(13)21)27-12-20(24)23-22-14(2)15-4-7-18-19(11-15)26-9-3-8-25-18/h4-7,10-11H,3,8-9,12H2,1-2H3,(H,23,24)/b22-14-. The average molecular weight is 389 g/mol. The number of nitrogens with one attached hydrogen (secondary N) is 1. The number of amides is 1. The van der Waals surface area contributed by atoms with Gasteiger partial charge in [-0.15, -0.1) is 0 Å². The van der Waals surface area contributed by atoms with Crippen molar-refractivity contribution in [3.8, 4) is 17.2 Å². The molecular weight excluding hydrogens is 368 g/mol. The second kappa shape index (κ2) is 8.77. The van der Waals surface area contributed by atoms with Gasteiger partial charge in [-0.25, -0.2) is 5.43 Å². The van der Waals surface area contributed by atoms with Crippen LogP contribution in [0.1, 0.15) is 24.5 Å². The van der Waals surface area contributed by atoms with Crippen LogP contribution in [0, 0.1) is 6.92 Å². The van der Waals surface area contributed by atoms with Crippen LogP contribution in [0.2, 0.25) is 5.02 Å². The summed E-state index contributed by atoms with van der Waals surface area (Å²) < 4.78 is 16.7. The van der Waals surface area contributed by atoms with Gasteiger partial charge in [-0.1, -0.05) is 11.6 Å². The van der Waals surface area contributed by atoms with E-state index in [1.807, 2.05) is 32.0 Å². The van der Waals surface area contributed by atoms with Crippen molar-refractivity contribution >= 4 is 23.2 Å². The number of halogens is 1. The van der Waals surface area contributed by atoms with Gasteiger partial charge in [0.05, 0.1) is 18.9 Å². The summed E-state index contributed by atoms with van der Waals surface area (Å²) in [5.74, 6) is 1.64. The molecule has 0 saturated carbocycles. The highest BCUT2D eigenvalue weighted by molar-refractivity contribution is 6.31. The number of hydrogen-bond donors (Lipinski definition) is 1. The van der Waals surface area contributed by atoms with Crippen molar-refractivity contribution in [3.63, 3.8) is 0 Å². The lowest BCUT2D eigenvalue weighted by atomic mass is 10.1. The van der Waals surface area contributed by atoms with Crippen molar-refractivity contribution in [1.82, 2.24) is 5.43 Å². The maximum absolute atomic E-state index is 12.0. The van der Waals surface area contributed by atoms with E-state index in [1.54, 1.807) is 18.2 Å². The molecule has 0 aromatic heterocycles. The number of benzene rings is 2. The van der Waals surface area contributed by atoms with Gasteiger partial charge in [0.25, 0.3) is 5.91 Å². The Labute approximate surface area is 163 Å². The lowest BCUT2D eigenvalue weighted by molar-refractivity contribution is -0.123. The monoisotopic (exact) mass is 388 g/mol. The van der Waals surface area contributed by atoms with Gasteiger partial charge >= 0.3 is 0 Å². The Kier molecular flexibility index (Phi) is 6.19. The van der Waals surface area contributed by atoms with Crippen molar-refractivity contribution in [2.75, 3.05) is 19.8 Å². The zero-order valence-electron chi connectivity index (χ0n) is 15.3. The minimum absolute atomic E-state index is 0.140. The topological polar surface area (TPSA) is 69.2 Å². The van der Waals surface area contributed by atoms with Gasteiger partial charge in [0.1, 0.15) is 5.75 Å². The van der Waals surface area contributed by atoms with Gasteiger partial charge in [-0.2, -0.15) is 5.10 Å². The van der Waals surface area contributed by atoms with E-state index in [2.05, 4.69) is 10.5 Å². The molecule has 0 unspecified atom stereocenters. The molecule has 0 atom stereocenters. The SMILES string of the molecule is C/C(=N/NC(=O)COc1ccc(Cl)c(C)c1)c1ccc2c(c1)OCCCO2. The lowest BCUT2D eigenvalue weighted by Gasteiger charge is -2.10. The third kappa shape index (κ3) is 5.14. The number of nitrogens with zero attached hydrogens (tertiary/aromatic N) is 1. The van der Waals surface area contributed by atoms with Crippen LogP contribution in [-0.4, -0.2) is 31.4 Å². The van der Waals surface area contributed by atoms with Crippen LogP contribution in [-0.2, 0) is 4.79 Å². The van der Waals surface area contributed by atoms with Gasteiger partial charge < -0.3 is 14.2 Å². The second-order valence-electron chi connectivity index (χ2n) is 6.14. The Morgan fingerprint density at radius 2 is 1.96 bits per heavy atom. The molecule has 1 heterocycles. The number of hydrogen-bond acceptors (Lipinski definition) is 5. The van der Waals surface area contributed by atoms with Crippen LogP contribution in [0.15, 0.2) is 41.5 Å². The van der Waals surface area contributed by atoms with Crippen molar-refractivity contribution < 1.29 is 19.0 Å². The lowest BCUT2D eigenvalue weighted by Crippen LogP contribution is -2.25. The van der Waals surface area contributed by atoms with E-state index in [4.69, 9.17) is 25.8 Å². The smallest absolute Gasteiger partial charge is 0.277 e. The van der Waals surface area contributed by atoms with Crippen molar-refractivity contribution in [3.05, 3.63) is 52.5 Å². The molecule has 1 amide bonds. The van der Waals surface area contributed by atoms with Gasteiger partial charge in [-0.05, 0) is 55.8 Å². The summed E-state index contributed by atoms with van der Waals surface area (Å²) in [6, 6.07) is 10.8. The fourth-order valence-corrected chi connectivity index (χ4v) is 2.60. The number of ether oxygens (including phenoxy) is 3. The van der Waals surface area contributed by atoms with E-state index in [-0.39, 0.29) is 12.5 Å². The molecule has 1 aliphatic heterocycles. The molecule has 1 N–H and O–H groups in total. The Bertz CT molecular complexity index is 867. The molecule has 0 fully saturated rings. The quantitative estimate of drug-likeness (QED) is 0.626. The predicted octanol–water partition coefficient (Wildman–Crippen LogP) is 3.73. The van der Waals surface area contributed by atoms with Gasteiger partial charge in [0.15, 0.2) is 18.1 Å². The highest BCUT2D eigenvalue weighted by Crippen LogP contribution is 2.30. The predicted molar refractivity (Wildman–Crippen MR) is 104 cm³/mol. The summed E-state index contributed by atoms with van der Waals surface area (Å²) >= 11 is 5.97.